The number of hydrogen-bond donors (Lipinski definition) is 1. The summed E-state index contributed by atoms with van der Waals surface area (Å²) in [5, 5.41) is 9.37. The SMILES string of the molecule is CN(C)c1ccc(C=C2CCCC(=Cc3ccc(O)cc3)C2=O)cc1. The van der Waals surface area contributed by atoms with Crippen molar-refractivity contribution in [3.05, 3.63) is 70.8 Å². The smallest absolute Gasteiger partial charge is 0.185 e. The van der Waals surface area contributed by atoms with Crippen LogP contribution in [0.15, 0.2) is 59.7 Å². The predicted octanol–water partition coefficient (Wildman–Crippen LogP) is 4.68. The van der Waals surface area contributed by atoms with Gasteiger partial charge in [-0.15, -0.1) is 0 Å². The minimum atomic E-state index is 0.135. The minimum absolute atomic E-state index is 0.135. The Labute approximate surface area is 148 Å². The van der Waals surface area contributed by atoms with Gasteiger partial charge in [-0.3, -0.25) is 4.79 Å². The van der Waals surface area contributed by atoms with Gasteiger partial charge in [0.2, 0.25) is 0 Å². The molecular weight excluding hydrogens is 310 g/mol. The number of hydrogen-bond acceptors (Lipinski definition) is 3. The zero-order chi connectivity index (χ0) is 17.8. The summed E-state index contributed by atoms with van der Waals surface area (Å²) in [5.41, 5.74) is 4.85. The molecule has 3 nitrogen and oxygen atoms in total. The first-order valence-corrected chi connectivity index (χ1v) is 8.55. The van der Waals surface area contributed by atoms with E-state index in [1.165, 1.54) is 0 Å². The fourth-order valence-electron chi connectivity index (χ4n) is 3.02. The van der Waals surface area contributed by atoms with E-state index in [1.807, 2.05) is 50.5 Å². The van der Waals surface area contributed by atoms with E-state index in [1.54, 1.807) is 12.1 Å². The third-order valence-corrected chi connectivity index (χ3v) is 4.46. The van der Waals surface area contributed by atoms with E-state index in [0.717, 1.165) is 47.2 Å². The number of anilines is 1. The van der Waals surface area contributed by atoms with Gasteiger partial charge < -0.3 is 10.0 Å². The summed E-state index contributed by atoms with van der Waals surface area (Å²) in [6.45, 7) is 0. The van der Waals surface area contributed by atoms with Crippen LogP contribution in [0, 0.1) is 0 Å². The molecule has 1 fully saturated rings. The molecule has 1 N–H and O–H groups in total. The molecule has 3 rings (SSSR count). The maximum Gasteiger partial charge on any atom is 0.185 e. The molecule has 2 aromatic rings. The number of aromatic hydroxyl groups is 1. The Morgan fingerprint density at radius 1 is 0.840 bits per heavy atom. The summed E-state index contributed by atoms with van der Waals surface area (Å²) in [7, 11) is 4.02. The molecule has 3 heteroatoms. The average Bonchev–Trinajstić information content (AvgIpc) is 2.61. The van der Waals surface area contributed by atoms with Crippen molar-refractivity contribution in [2.75, 3.05) is 19.0 Å². The van der Waals surface area contributed by atoms with Crippen molar-refractivity contribution in [2.24, 2.45) is 0 Å². The largest absolute Gasteiger partial charge is 0.508 e. The van der Waals surface area contributed by atoms with Crippen molar-refractivity contribution in [3.8, 4) is 5.75 Å². The van der Waals surface area contributed by atoms with Crippen molar-refractivity contribution >= 4 is 23.6 Å². The second-order valence-corrected chi connectivity index (χ2v) is 6.60. The van der Waals surface area contributed by atoms with Gasteiger partial charge in [0.05, 0.1) is 0 Å². The molecule has 0 radical (unpaired) electrons. The standard InChI is InChI=1S/C22H23NO2/c1-23(2)20-10-6-16(7-11-20)14-18-4-3-5-19(22(18)25)15-17-8-12-21(24)13-9-17/h6-15,24H,3-5H2,1-2H3. The average molecular weight is 333 g/mol. The van der Waals surface area contributed by atoms with E-state index in [-0.39, 0.29) is 11.5 Å². The van der Waals surface area contributed by atoms with Crippen molar-refractivity contribution in [3.63, 3.8) is 0 Å². The van der Waals surface area contributed by atoms with E-state index < -0.39 is 0 Å². The molecule has 0 atom stereocenters. The van der Waals surface area contributed by atoms with Gasteiger partial charge in [-0.2, -0.15) is 0 Å². The number of allylic oxidation sites excluding steroid dienone is 2. The molecule has 1 aliphatic carbocycles. The second kappa shape index (κ2) is 7.39. The van der Waals surface area contributed by atoms with Gasteiger partial charge in [-0.1, -0.05) is 24.3 Å². The van der Waals surface area contributed by atoms with Gasteiger partial charge in [0.15, 0.2) is 5.78 Å². The molecule has 0 amide bonds. The Morgan fingerprint density at radius 2 is 1.32 bits per heavy atom. The zero-order valence-corrected chi connectivity index (χ0v) is 14.7. The van der Waals surface area contributed by atoms with Crippen molar-refractivity contribution in [1.29, 1.82) is 0 Å². The summed E-state index contributed by atoms with van der Waals surface area (Å²) in [6.07, 6.45) is 6.55. The molecule has 25 heavy (non-hydrogen) atoms. The van der Waals surface area contributed by atoms with Gasteiger partial charge >= 0.3 is 0 Å². The highest BCUT2D eigenvalue weighted by Crippen LogP contribution is 2.28. The van der Waals surface area contributed by atoms with Crippen LogP contribution in [0.4, 0.5) is 5.69 Å². The van der Waals surface area contributed by atoms with E-state index in [9.17, 15) is 9.90 Å². The molecule has 0 aliphatic heterocycles. The van der Waals surface area contributed by atoms with Gasteiger partial charge in [0, 0.05) is 30.9 Å². The Kier molecular flexibility index (Phi) is 5.03. The van der Waals surface area contributed by atoms with Gasteiger partial charge in [0.1, 0.15) is 5.75 Å². The van der Waals surface area contributed by atoms with E-state index in [4.69, 9.17) is 0 Å². The van der Waals surface area contributed by atoms with Crippen molar-refractivity contribution in [1.82, 2.24) is 0 Å². The van der Waals surface area contributed by atoms with Crippen LogP contribution in [0.1, 0.15) is 30.4 Å². The molecular formula is C22H23NO2. The quantitative estimate of drug-likeness (QED) is 0.829. The Hall–Kier alpha value is -2.81. The number of ketones is 1. The highest BCUT2D eigenvalue weighted by molar-refractivity contribution is 6.13. The molecule has 0 spiro atoms. The topological polar surface area (TPSA) is 40.5 Å². The lowest BCUT2D eigenvalue weighted by Gasteiger charge is -2.17. The fraction of sp³-hybridized carbons (Fsp3) is 0.227. The van der Waals surface area contributed by atoms with E-state index in [2.05, 4.69) is 17.0 Å². The third-order valence-electron chi connectivity index (χ3n) is 4.46. The van der Waals surface area contributed by atoms with Crippen molar-refractivity contribution < 1.29 is 9.90 Å². The molecule has 0 aromatic heterocycles. The Morgan fingerprint density at radius 3 is 1.80 bits per heavy atom. The second-order valence-electron chi connectivity index (χ2n) is 6.60. The van der Waals surface area contributed by atoms with Crippen LogP contribution < -0.4 is 4.90 Å². The minimum Gasteiger partial charge on any atom is -0.508 e. The molecule has 2 aromatic carbocycles. The van der Waals surface area contributed by atoms with E-state index >= 15 is 0 Å². The lowest BCUT2D eigenvalue weighted by Crippen LogP contribution is -2.12. The Bertz CT molecular complexity index is 812. The fourth-order valence-corrected chi connectivity index (χ4v) is 3.02. The normalized spacial score (nSPS) is 17.9. The molecule has 128 valence electrons. The maximum absolute atomic E-state index is 12.8. The van der Waals surface area contributed by atoms with Crippen LogP contribution in [-0.4, -0.2) is 25.0 Å². The zero-order valence-electron chi connectivity index (χ0n) is 14.7. The van der Waals surface area contributed by atoms with Crippen LogP contribution in [0.2, 0.25) is 0 Å². The highest BCUT2D eigenvalue weighted by atomic mass is 16.3. The number of carbonyl (C=O) groups excluding carboxylic acids is 1. The third kappa shape index (κ3) is 4.18. The van der Waals surface area contributed by atoms with Crippen molar-refractivity contribution in [2.45, 2.75) is 19.3 Å². The Balaban J connectivity index is 1.82. The van der Waals surface area contributed by atoms with Gasteiger partial charge in [-0.05, 0) is 66.8 Å². The number of Topliss-reactive ketones (excluding diaryl/α,β-unsaturated/α-hetero) is 1. The number of phenolic OH excluding ortho intramolecular Hbond substituents is 1. The number of rotatable bonds is 3. The summed E-state index contributed by atoms with van der Waals surface area (Å²) in [4.78, 5) is 14.8. The lowest BCUT2D eigenvalue weighted by molar-refractivity contribution is -0.112. The van der Waals surface area contributed by atoms with Crippen LogP contribution in [0.5, 0.6) is 5.75 Å². The van der Waals surface area contributed by atoms with E-state index in [0.29, 0.717) is 0 Å². The summed E-state index contributed by atoms with van der Waals surface area (Å²) in [5.74, 6) is 0.370. The first kappa shape index (κ1) is 17.0. The summed E-state index contributed by atoms with van der Waals surface area (Å²) >= 11 is 0. The molecule has 1 aliphatic rings. The van der Waals surface area contributed by atoms with Crippen LogP contribution in [-0.2, 0) is 4.79 Å². The van der Waals surface area contributed by atoms with Crippen LogP contribution in [0.25, 0.3) is 12.2 Å². The number of phenols is 1. The molecule has 0 bridgehead atoms. The van der Waals surface area contributed by atoms with Gasteiger partial charge in [-0.25, -0.2) is 0 Å². The number of benzene rings is 2. The summed E-state index contributed by atoms with van der Waals surface area (Å²) < 4.78 is 0. The van der Waals surface area contributed by atoms with Crippen LogP contribution >= 0.6 is 0 Å². The van der Waals surface area contributed by atoms with Crippen LogP contribution in [0.3, 0.4) is 0 Å². The number of carbonyl (C=O) groups is 1. The first-order chi connectivity index (χ1) is 12.0. The molecule has 0 unspecified atom stereocenters. The first-order valence-electron chi connectivity index (χ1n) is 8.55. The highest BCUT2D eigenvalue weighted by Gasteiger charge is 2.20. The number of nitrogens with zero attached hydrogens (tertiary/aromatic N) is 1. The molecule has 0 heterocycles. The summed E-state index contributed by atoms with van der Waals surface area (Å²) in [6, 6.07) is 15.2. The van der Waals surface area contributed by atoms with Gasteiger partial charge in [0.25, 0.3) is 0 Å². The molecule has 0 saturated heterocycles. The predicted molar refractivity (Wildman–Crippen MR) is 104 cm³/mol. The monoisotopic (exact) mass is 333 g/mol. The lowest BCUT2D eigenvalue weighted by atomic mass is 9.87. The molecule has 1 saturated carbocycles. The maximum atomic E-state index is 12.8.